The molecule has 2 aliphatic rings. The summed E-state index contributed by atoms with van der Waals surface area (Å²) >= 11 is 0. The normalized spacial score (nSPS) is 32.0. The monoisotopic (exact) mass is 612 g/mol. The molecule has 0 radical (unpaired) electrons. The van der Waals surface area contributed by atoms with Gasteiger partial charge in [-0.15, -0.1) is 0 Å². The Labute approximate surface area is 280 Å². The van der Waals surface area contributed by atoms with Crippen LogP contribution in [-0.4, -0.2) is 62.7 Å². The molecule has 10 atom stereocenters. The Hall–Kier alpha value is -1.00. The molecule has 43 heavy (non-hydrogen) atoms. The summed E-state index contributed by atoms with van der Waals surface area (Å²) in [4.78, 5) is 25.5. The molecule has 2 heterocycles. The number of carbonyl (C=O) groups excluding carboxylic acids is 2. The summed E-state index contributed by atoms with van der Waals surface area (Å²) in [6, 6.07) is 3.33. The van der Waals surface area contributed by atoms with Crippen LogP contribution in [0.4, 0.5) is 0 Å². The number of ether oxygens (including phenoxy) is 2. The molecule has 2 fully saturated rings. The van der Waals surface area contributed by atoms with Crippen molar-refractivity contribution >= 4 is 11.8 Å². The van der Waals surface area contributed by atoms with Gasteiger partial charge in [-0.2, -0.15) is 0 Å². The van der Waals surface area contributed by atoms with E-state index in [9.17, 15) is 30.0 Å². The molecule has 8 nitrogen and oxygen atoms in total. The van der Waals surface area contributed by atoms with Crippen molar-refractivity contribution in [2.45, 2.75) is 142 Å². The predicted octanol–water partition coefficient (Wildman–Crippen LogP) is 1.51. The second-order valence-electron chi connectivity index (χ2n) is 13.2. The van der Waals surface area contributed by atoms with Crippen LogP contribution < -0.4 is 34.7 Å². The molecular weight excluding hydrogens is 559 g/mol. The average molecular weight is 613 g/mol. The molecule has 2 saturated heterocycles. The number of rotatable bonds is 13. The first-order valence-electron chi connectivity index (χ1n) is 16.0. The second kappa shape index (κ2) is 15.5. The van der Waals surface area contributed by atoms with E-state index in [1.165, 1.54) is 0 Å². The van der Waals surface area contributed by atoms with Crippen LogP contribution in [0, 0.1) is 30.6 Å². The van der Waals surface area contributed by atoms with Gasteiger partial charge in [0.1, 0.15) is 11.5 Å². The van der Waals surface area contributed by atoms with Crippen molar-refractivity contribution in [2.75, 3.05) is 0 Å². The Morgan fingerprint density at radius 3 is 2.33 bits per heavy atom. The van der Waals surface area contributed by atoms with Crippen molar-refractivity contribution < 1.29 is 69.0 Å². The summed E-state index contributed by atoms with van der Waals surface area (Å²) in [7, 11) is 0. The third kappa shape index (κ3) is 7.87. The van der Waals surface area contributed by atoms with Crippen LogP contribution in [0.5, 0.6) is 5.75 Å². The number of benzene rings is 1. The molecule has 0 bridgehead atoms. The fourth-order valence-electron chi connectivity index (χ4n) is 7.44. The van der Waals surface area contributed by atoms with Crippen LogP contribution in [0.15, 0.2) is 12.1 Å². The van der Waals surface area contributed by atoms with Gasteiger partial charge in [-0.1, -0.05) is 53.7 Å². The van der Waals surface area contributed by atoms with Gasteiger partial charge in [0, 0.05) is 17.4 Å². The zero-order chi connectivity index (χ0) is 31.6. The van der Waals surface area contributed by atoms with Crippen molar-refractivity contribution in [3.05, 3.63) is 28.8 Å². The number of ketones is 1. The molecule has 9 heteroatoms. The van der Waals surface area contributed by atoms with E-state index in [2.05, 4.69) is 13.8 Å². The van der Waals surface area contributed by atoms with Crippen LogP contribution in [0.25, 0.3) is 0 Å². The van der Waals surface area contributed by atoms with Crippen LogP contribution in [0.3, 0.4) is 0 Å². The molecule has 0 spiro atoms. The van der Waals surface area contributed by atoms with E-state index in [0.717, 1.165) is 12.8 Å². The maximum absolute atomic E-state index is 13.9. The summed E-state index contributed by atoms with van der Waals surface area (Å²) < 4.78 is 13.2. The number of carboxylic acids is 1. The SMILES string of the molecule is CC[C@@H](C(=O)C(C)[C@@H](O)[C@H](C)CCc1ccc(C)c(O)c1C(=O)[O-])C1OC(CC)(C2CC[C@](O)(CC)[C@H](C)O2)C[C@@H]1C.[Na+]. The standard InChI is InChI=1S/C34H54O8.Na/c1-9-25(31-21(6)18-34(11-3,42-31)26-16-17-33(40,10-2)23(8)41-26)30(37)22(7)28(35)19(4)12-14-24-15-13-20(5)29(36)27(24)32(38)39;/h13,15,19,21-23,25-26,28,31,35-36,40H,9-12,14,16-18H2,1-8H3,(H,38,39);/q;+1/p-1/t19-,21+,22?,23+,25+,26?,28+,31?,33-,34?;/m1./s1. The maximum atomic E-state index is 13.9. The Morgan fingerprint density at radius 2 is 1.79 bits per heavy atom. The molecule has 0 amide bonds. The van der Waals surface area contributed by atoms with Crippen LogP contribution in [0.1, 0.15) is 115 Å². The van der Waals surface area contributed by atoms with Gasteiger partial charge < -0.3 is 34.7 Å². The van der Waals surface area contributed by atoms with E-state index in [1.54, 1.807) is 26.0 Å². The predicted molar refractivity (Wildman–Crippen MR) is 159 cm³/mol. The number of aromatic hydroxyl groups is 1. The van der Waals surface area contributed by atoms with E-state index in [4.69, 9.17) is 9.47 Å². The van der Waals surface area contributed by atoms with Crippen LogP contribution >= 0.6 is 0 Å². The first kappa shape index (κ1) is 38.2. The Bertz CT molecular complexity index is 1110. The van der Waals surface area contributed by atoms with Gasteiger partial charge in [-0.05, 0) is 88.2 Å². The van der Waals surface area contributed by atoms with Crippen molar-refractivity contribution in [1.29, 1.82) is 0 Å². The Kier molecular flexibility index (Phi) is 13.8. The number of hydrogen-bond acceptors (Lipinski definition) is 8. The number of aliphatic hydroxyl groups is 2. The van der Waals surface area contributed by atoms with E-state index in [0.29, 0.717) is 49.7 Å². The number of Topliss-reactive ketones (excluding diaryl/α,β-unsaturated/α-hetero) is 1. The average Bonchev–Trinajstić information content (AvgIpc) is 3.31. The minimum absolute atomic E-state index is 0. The molecule has 0 aliphatic carbocycles. The Balaban J connectivity index is 0.00000645. The van der Waals surface area contributed by atoms with Gasteiger partial charge >= 0.3 is 29.6 Å². The Morgan fingerprint density at radius 1 is 1.14 bits per heavy atom. The number of hydrogen-bond donors (Lipinski definition) is 3. The molecule has 238 valence electrons. The molecular formula is C34H53NaO8. The maximum Gasteiger partial charge on any atom is 1.00 e. The molecule has 4 unspecified atom stereocenters. The van der Waals surface area contributed by atoms with Crippen molar-refractivity contribution in [3.8, 4) is 5.75 Å². The fourth-order valence-corrected chi connectivity index (χ4v) is 7.44. The zero-order valence-electron chi connectivity index (χ0n) is 27.8. The van der Waals surface area contributed by atoms with Crippen molar-refractivity contribution in [3.63, 3.8) is 0 Å². The van der Waals surface area contributed by atoms with Crippen molar-refractivity contribution in [2.24, 2.45) is 23.7 Å². The molecule has 0 aromatic heterocycles. The van der Waals surface area contributed by atoms with E-state index < -0.39 is 29.2 Å². The number of aryl methyl sites for hydroxylation is 2. The molecule has 0 saturated carbocycles. The summed E-state index contributed by atoms with van der Waals surface area (Å²) in [5, 5.41) is 44.1. The van der Waals surface area contributed by atoms with Gasteiger partial charge in [-0.25, -0.2) is 0 Å². The quantitative estimate of drug-likeness (QED) is 0.285. The van der Waals surface area contributed by atoms with E-state index in [1.807, 2.05) is 27.7 Å². The second-order valence-corrected chi connectivity index (χ2v) is 13.2. The summed E-state index contributed by atoms with van der Waals surface area (Å²) in [6.07, 6.45) is 3.21. The van der Waals surface area contributed by atoms with Gasteiger partial charge in [0.2, 0.25) is 0 Å². The zero-order valence-corrected chi connectivity index (χ0v) is 29.8. The summed E-state index contributed by atoms with van der Waals surface area (Å²) in [5.41, 5.74) is -0.659. The molecule has 1 aromatic rings. The van der Waals surface area contributed by atoms with Gasteiger partial charge in [-0.3, -0.25) is 4.79 Å². The molecule has 3 rings (SSSR count). The fraction of sp³-hybridized carbons (Fsp3) is 0.765. The first-order valence-corrected chi connectivity index (χ1v) is 16.0. The van der Waals surface area contributed by atoms with Gasteiger partial charge in [0.05, 0.1) is 41.6 Å². The van der Waals surface area contributed by atoms with E-state index in [-0.39, 0.29) is 82.7 Å². The number of aliphatic hydroxyl groups excluding tert-OH is 1. The number of carboxylic acid groups (broad SMARTS) is 1. The largest absolute Gasteiger partial charge is 1.00 e. The van der Waals surface area contributed by atoms with Crippen LogP contribution in [-0.2, 0) is 20.7 Å². The number of carbonyl (C=O) groups is 2. The third-order valence-electron chi connectivity index (χ3n) is 10.6. The minimum Gasteiger partial charge on any atom is -0.545 e. The molecule has 1 aromatic carbocycles. The smallest absolute Gasteiger partial charge is 0.545 e. The summed E-state index contributed by atoms with van der Waals surface area (Å²) in [5.74, 6) is -2.92. The van der Waals surface area contributed by atoms with Crippen LogP contribution in [0.2, 0.25) is 0 Å². The first-order chi connectivity index (χ1) is 19.7. The van der Waals surface area contributed by atoms with E-state index >= 15 is 0 Å². The molecule has 3 N–H and O–H groups in total. The topological polar surface area (TPSA) is 136 Å². The van der Waals surface area contributed by atoms with Crippen molar-refractivity contribution in [1.82, 2.24) is 0 Å². The third-order valence-corrected chi connectivity index (χ3v) is 10.6. The summed E-state index contributed by atoms with van der Waals surface area (Å²) in [6.45, 7) is 15.4. The number of phenols is 1. The van der Waals surface area contributed by atoms with Gasteiger partial charge in [0.15, 0.2) is 0 Å². The number of aromatic carboxylic acids is 1. The van der Waals surface area contributed by atoms with Gasteiger partial charge in [0.25, 0.3) is 0 Å². The minimum atomic E-state index is -1.43. The molecule has 2 aliphatic heterocycles.